The summed E-state index contributed by atoms with van der Waals surface area (Å²) < 4.78 is 94.4. The molecule has 2 aromatic carbocycles. The summed E-state index contributed by atoms with van der Waals surface area (Å²) in [4.78, 5) is 3.85. The van der Waals surface area contributed by atoms with E-state index in [1.54, 1.807) is 6.07 Å². The van der Waals surface area contributed by atoms with E-state index in [9.17, 15) is 17.7 Å². The fourth-order valence-corrected chi connectivity index (χ4v) is 5.06. The number of pyridine rings is 1. The van der Waals surface area contributed by atoms with E-state index in [4.69, 9.17) is 9.05 Å². The summed E-state index contributed by atoms with van der Waals surface area (Å²) in [6.07, 6.45) is -6.40. The fourth-order valence-electron chi connectivity index (χ4n) is 3.20. The smallest absolute Gasteiger partial charge is 0.301 e. The number of fused-ring (bicyclic) bond motifs is 3. The zero-order valence-electron chi connectivity index (χ0n) is 17.2. The lowest BCUT2D eigenvalue weighted by Crippen LogP contribution is -2.23. The van der Waals surface area contributed by atoms with E-state index in [0.29, 0.717) is 6.07 Å². The van der Waals surface area contributed by atoms with E-state index in [0.717, 1.165) is 6.07 Å². The van der Waals surface area contributed by atoms with Crippen LogP contribution in [0.4, 0.5) is 22.0 Å². The lowest BCUT2D eigenvalue weighted by atomic mass is 10.0. The van der Waals surface area contributed by atoms with Crippen molar-refractivity contribution in [3.63, 3.8) is 0 Å². The summed E-state index contributed by atoms with van der Waals surface area (Å²) in [5, 5.41) is 0.448. The van der Waals surface area contributed by atoms with Crippen molar-refractivity contribution in [1.29, 1.82) is 0 Å². The highest BCUT2D eigenvalue weighted by Gasteiger charge is 2.58. The molecule has 31 heavy (non-hydrogen) atoms. The van der Waals surface area contributed by atoms with Crippen LogP contribution >= 0.6 is 7.60 Å². The Morgan fingerprint density at radius 2 is 1.39 bits per heavy atom. The number of hydrogen-bond donors (Lipinski definition) is 0. The number of halogens is 5. The van der Waals surface area contributed by atoms with Gasteiger partial charge in [0.15, 0.2) is 0 Å². The Bertz CT molecular complexity index is 1150. The van der Waals surface area contributed by atoms with Crippen molar-refractivity contribution in [3.05, 3.63) is 53.7 Å². The Kier molecular flexibility index (Phi) is 6.17. The van der Waals surface area contributed by atoms with E-state index in [2.05, 4.69) is 4.98 Å². The molecule has 0 bridgehead atoms. The average molecular weight is 461 g/mol. The zero-order chi connectivity index (χ0) is 23.2. The molecule has 168 valence electrons. The second-order valence-corrected chi connectivity index (χ2v) is 9.56. The molecule has 0 spiro atoms. The minimum atomic E-state index is -5.10. The molecule has 3 aromatic rings. The van der Waals surface area contributed by atoms with Crippen LogP contribution in [0.5, 0.6) is 0 Å². The van der Waals surface area contributed by atoms with Crippen LogP contribution in [-0.2, 0) is 25.5 Å². The molecule has 0 aliphatic heterocycles. The van der Waals surface area contributed by atoms with Crippen LogP contribution in [0.25, 0.3) is 21.7 Å². The van der Waals surface area contributed by atoms with Gasteiger partial charge in [-0.2, -0.15) is 22.0 Å². The Morgan fingerprint density at radius 3 is 1.90 bits per heavy atom. The maximum atomic E-state index is 15.7. The average Bonchev–Trinajstić information content (AvgIpc) is 2.64. The van der Waals surface area contributed by atoms with Crippen LogP contribution in [0.1, 0.15) is 39.0 Å². The van der Waals surface area contributed by atoms with E-state index < -0.39 is 42.9 Å². The third-order valence-electron chi connectivity index (χ3n) is 4.36. The van der Waals surface area contributed by atoms with E-state index >= 15 is 8.78 Å². The van der Waals surface area contributed by atoms with Gasteiger partial charge in [0.2, 0.25) is 0 Å². The molecule has 0 atom stereocenters. The van der Waals surface area contributed by atoms with Gasteiger partial charge < -0.3 is 9.05 Å². The van der Waals surface area contributed by atoms with Crippen LogP contribution in [-0.4, -0.2) is 17.2 Å². The van der Waals surface area contributed by atoms with Gasteiger partial charge in [-0.1, -0.05) is 30.3 Å². The molecule has 0 amide bonds. The molecule has 0 N–H and O–H groups in total. The first-order chi connectivity index (χ1) is 14.3. The summed E-state index contributed by atoms with van der Waals surface area (Å²) in [5.41, 5.74) is -6.51. The van der Waals surface area contributed by atoms with Crippen molar-refractivity contribution in [2.24, 2.45) is 0 Å². The fraction of sp³-hybridized carbons (Fsp3) is 0.381. The number of rotatable bonds is 6. The van der Waals surface area contributed by atoms with Crippen molar-refractivity contribution in [1.82, 2.24) is 4.98 Å². The Balaban J connectivity index is 2.35. The van der Waals surface area contributed by atoms with Crippen molar-refractivity contribution < 1.29 is 35.6 Å². The molecular formula is C21H21F5NO3P. The van der Waals surface area contributed by atoms with Crippen molar-refractivity contribution in [2.75, 3.05) is 0 Å². The van der Waals surface area contributed by atoms with Gasteiger partial charge in [-0.25, -0.2) is 4.98 Å². The van der Waals surface area contributed by atoms with Gasteiger partial charge in [0.05, 0.1) is 23.3 Å². The highest BCUT2D eigenvalue weighted by molar-refractivity contribution is 7.54. The van der Waals surface area contributed by atoms with Gasteiger partial charge >= 0.3 is 19.4 Å². The highest BCUT2D eigenvalue weighted by Crippen LogP contribution is 2.68. The van der Waals surface area contributed by atoms with Gasteiger partial charge in [-0.05, 0) is 45.2 Å². The maximum Gasteiger partial charge on any atom is 0.416 e. The maximum absolute atomic E-state index is 15.7. The summed E-state index contributed by atoms with van der Waals surface area (Å²) in [6, 6.07) is 8.63. The SMILES string of the molecule is CC(C)OP(=O)(OC(C)C)C(F)(F)c1nc2cc(C(F)(F)F)ccc2c2ccccc12. The number of benzene rings is 2. The lowest BCUT2D eigenvalue weighted by Gasteiger charge is -2.29. The van der Waals surface area contributed by atoms with Crippen LogP contribution in [0.15, 0.2) is 42.5 Å². The summed E-state index contributed by atoms with van der Waals surface area (Å²) in [5.74, 6) is 0. The molecule has 4 nitrogen and oxygen atoms in total. The quantitative estimate of drug-likeness (QED) is 0.217. The summed E-state index contributed by atoms with van der Waals surface area (Å²) in [6.45, 7) is 5.70. The van der Waals surface area contributed by atoms with Crippen LogP contribution in [0, 0.1) is 0 Å². The minimum Gasteiger partial charge on any atom is -0.301 e. The van der Waals surface area contributed by atoms with Gasteiger partial charge in [0.1, 0.15) is 5.69 Å². The largest absolute Gasteiger partial charge is 0.416 e. The first-order valence-corrected chi connectivity index (χ1v) is 11.1. The number of alkyl halides is 5. The molecule has 0 saturated carbocycles. The van der Waals surface area contributed by atoms with Crippen LogP contribution in [0.3, 0.4) is 0 Å². The van der Waals surface area contributed by atoms with Gasteiger partial charge in [0, 0.05) is 10.8 Å². The topological polar surface area (TPSA) is 48.4 Å². The number of hydrogen-bond acceptors (Lipinski definition) is 4. The molecule has 1 heterocycles. The van der Waals surface area contributed by atoms with Crippen LogP contribution < -0.4 is 0 Å². The molecule has 0 aliphatic rings. The Labute approximate surface area is 175 Å². The summed E-state index contributed by atoms with van der Waals surface area (Å²) >= 11 is 0. The van der Waals surface area contributed by atoms with Gasteiger partial charge in [-0.3, -0.25) is 4.57 Å². The van der Waals surface area contributed by atoms with E-state index in [-0.39, 0.29) is 21.7 Å². The highest BCUT2D eigenvalue weighted by atomic mass is 31.2. The molecule has 0 radical (unpaired) electrons. The molecule has 0 aliphatic carbocycles. The number of aromatic nitrogens is 1. The molecule has 0 saturated heterocycles. The molecule has 1 aromatic heterocycles. The molecule has 0 fully saturated rings. The first kappa shape index (κ1) is 23.6. The van der Waals surface area contributed by atoms with E-state index in [1.807, 2.05) is 0 Å². The second-order valence-electron chi connectivity index (χ2n) is 7.58. The molecule has 3 rings (SSSR count). The summed E-state index contributed by atoms with van der Waals surface area (Å²) in [7, 11) is -5.10. The predicted octanol–water partition coefficient (Wildman–Crippen LogP) is 7.50. The predicted molar refractivity (Wildman–Crippen MR) is 108 cm³/mol. The molecule has 0 unspecified atom stereocenters. The molecular weight excluding hydrogens is 440 g/mol. The lowest BCUT2D eigenvalue weighted by molar-refractivity contribution is -0.137. The zero-order valence-corrected chi connectivity index (χ0v) is 18.1. The standard InChI is InChI=1S/C21H21F5NO3P/c1-12(2)29-31(28,30-13(3)4)21(25,26)19-17-8-6-5-7-15(17)16-10-9-14(20(22,23)24)11-18(16)27-19/h5-13H,1-4H3. The number of nitrogens with zero attached hydrogens (tertiary/aromatic N) is 1. The van der Waals surface area contributed by atoms with Gasteiger partial charge in [-0.15, -0.1) is 0 Å². The van der Waals surface area contributed by atoms with E-state index in [1.165, 1.54) is 52.0 Å². The first-order valence-electron chi connectivity index (χ1n) is 9.51. The Hall–Kier alpha value is -2.09. The third kappa shape index (κ3) is 4.45. The third-order valence-corrected chi connectivity index (χ3v) is 6.66. The molecule has 10 heteroatoms. The van der Waals surface area contributed by atoms with Gasteiger partial charge in [0.25, 0.3) is 0 Å². The Morgan fingerprint density at radius 1 is 0.839 bits per heavy atom. The van der Waals surface area contributed by atoms with Crippen molar-refractivity contribution >= 4 is 29.3 Å². The van der Waals surface area contributed by atoms with Crippen LogP contribution in [0.2, 0.25) is 0 Å². The normalized spacial score (nSPS) is 13.6. The van der Waals surface area contributed by atoms with Crippen molar-refractivity contribution in [2.45, 2.75) is 51.7 Å². The second kappa shape index (κ2) is 8.11. The van der Waals surface area contributed by atoms with Crippen molar-refractivity contribution in [3.8, 4) is 0 Å². The monoisotopic (exact) mass is 461 g/mol. The minimum absolute atomic E-state index is 0.0558.